The molecule has 0 saturated heterocycles. The number of benzene rings is 2. The van der Waals surface area contributed by atoms with E-state index in [1.54, 1.807) is 0 Å². The van der Waals surface area contributed by atoms with Gasteiger partial charge in [0.1, 0.15) is 5.75 Å². The Balaban J connectivity index is 1.33. The van der Waals surface area contributed by atoms with Gasteiger partial charge in [0.15, 0.2) is 22.2 Å². The smallest absolute Gasteiger partial charge is 0.236 e. The Morgan fingerprint density at radius 1 is 1.21 bits per heavy atom. The molecule has 2 aromatic carbocycles. The largest absolute Gasteiger partial charge is 0.482 e. The summed E-state index contributed by atoms with van der Waals surface area (Å²) in [5, 5.41) is 15.1. The molecule has 0 aliphatic rings. The van der Waals surface area contributed by atoms with Crippen molar-refractivity contribution in [1.29, 1.82) is 0 Å². The Hall–Kier alpha value is -2.88. The first kappa shape index (κ1) is 24.3. The Bertz CT molecular complexity index is 1300. The number of nitrogens with one attached hydrogen (secondary N) is 1. The van der Waals surface area contributed by atoms with Crippen LogP contribution in [0.3, 0.4) is 0 Å². The van der Waals surface area contributed by atoms with Gasteiger partial charge in [0, 0.05) is 23.0 Å². The van der Waals surface area contributed by atoms with Crippen molar-refractivity contribution < 1.29 is 9.53 Å². The van der Waals surface area contributed by atoms with Gasteiger partial charge in [-0.15, -0.1) is 21.5 Å². The molecule has 0 bridgehead atoms. The van der Waals surface area contributed by atoms with E-state index in [1.165, 1.54) is 28.7 Å². The monoisotopic (exact) mass is 513 g/mol. The number of thioether (sulfide) groups is 1. The second kappa shape index (κ2) is 10.6. The summed E-state index contributed by atoms with van der Waals surface area (Å²) in [5.74, 6) is 1.53. The molecule has 4 rings (SSSR count). The SMILES string of the molecule is Cc1ccc(OC(C)c2nnc(SCC(=O)Nc3nc(-c4ccc(Cl)cc4)cs3)n2C)c(C)c1. The van der Waals surface area contributed by atoms with Crippen molar-refractivity contribution in [3.63, 3.8) is 0 Å². The van der Waals surface area contributed by atoms with Crippen molar-refractivity contribution in [3.8, 4) is 17.0 Å². The van der Waals surface area contributed by atoms with Crippen LogP contribution in [0, 0.1) is 13.8 Å². The predicted molar refractivity (Wildman–Crippen MR) is 138 cm³/mol. The fraction of sp³-hybridized carbons (Fsp3) is 0.250. The number of hydrogen-bond donors (Lipinski definition) is 1. The molecule has 1 atom stereocenters. The molecular formula is C24H24ClN5O2S2. The van der Waals surface area contributed by atoms with Crippen LogP contribution < -0.4 is 10.1 Å². The minimum Gasteiger partial charge on any atom is -0.482 e. The molecule has 2 aromatic heterocycles. The van der Waals surface area contributed by atoms with E-state index < -0.39 is 0 Å². The molecule has 10 heteroatoms. The summed E-state index contributed by atoms with van der Waals surface area (Å²) < 4.78 is 7.96. The summed E-state index contributed by atoms with van der Waals surface area (Å²) in [4.78, 5) is 17.0. The maximum Gasteiger partial charge on any atom is 0.236 e. The van der Waals surface area contributed by atoms with E-state index in [1.807, 2.05) is 67.2 Å². The molecule has 176 valence electrons. The molecule has 1 N–H and O–H groups in total. The summed E-state index contributed by atoms with van der Waals surface area (Å²) in [5.41, 5.74) is 3.99. The number of aryl methyl sites for hydroxylation is 2. The average Bonchev–Trinajstić information content (AvgIpc) is 3.41. The first-order valence-electron chi connectivity index (χ1n) is 10.6. The second-order valence-corrected chi connectivity index (χ2v) is 10.0. The fourth-order valence-corrected chi connectivity index (χ4v) is 4.93. The van der Waals surface area contributed by atoms with Crippen molar-refractivity contribution in [2.45, 2.75) is 32.0 Å². The van der Waals surface area contributed by atoms with Gasteiger partial charge in [0.25, 0.3) is 0 Å². The normalized spacial score (nSPS) is 11.9. The van der Waals surface area contributed by atoms with Gasteiger partial charge < -0.3 is 14.6 Å². The van der Waals surface area contributed by atoms with Crippen LogP contribution in [0.5, 0.6) is 5.75 Å². The number of aromatic nitrogens is 4. The van der Waals surface area contributed by atoms with Crippen LogP contribution in [0.1, 0.15) is 30.0 Å². The summed E-state index contributed by atoms with van der Waals surface area (Å²) in [6, 6.07) is 13.5. The van der Waals surface area contributed by atoms with Gasteiger partial charge >= 0.3 is 0 Å². The maximum atomic E-state index is 12.5. The lowest BCUT2D eigenvalue weighted by molar-refractivity contribution is -0.113. The average molecular weight is 514 g/mol. The summed E-state index contributed by atoms with van der Waals surface area (Å²) in [6.07, 6.45) is -0.288. The second-order valence-electron chi connectivity index (χ2n) is 7.81. The van der Waals surface area contributed by atoms with Crippen LogP contribution >= 0.6 is 34.7 Å². The van der Waals surface area contributed by atoms with E-state index in [-0.39, 0.29) is 17.8 Å². The van der Waals surface area contributed by atoms with E-state index in [4.69, 9.17) is 16.3 Å². The molecule has 4 aromatic rings. The number of carbonyl (C=O) groups excluding carboxylic acids is 1. The van der Waals surface area contributed by atoms with Gasteiger partial charge in [-0.3, -0.25) is 4.79 Å². The Labute approximate surface area is 211 Å². The third-order valence-corrected chi connectivity index (χ3v) is 7.12. The lowest BCUT2D eigenvalue weighted by atomic mass is 10.1. The minimum absolute atomic E-state index is 0.161. The standard InChI is InChI=1S/C24H24ClN5O2S2/c1-14-5-10-20(15(2)11-14)32-16(3)22-28-29-24(30(22)4)34-13-21(31)27-23-26-19(12-33-23)17-6-8-18(25)9-7-17/h5-12,16H,13H2,1-4H3,(H,26,27,31). The first-order valence-corrected chi connectivity index (χ1v) is 12.8. The van der Waals surface area contributed by atoms with E-state index in [2.05, 4.69) is 33.5 Å². The molecule has 0 aliphatic carbocycles. The van der Waals surface area contributed by atoms with Crippen LogP contribution in [-0.4, -0.2) is 31.4 Å². The number of hydrogen-bond acceptors (Lipinski definition) is 7. The Morgan fingerprint density at radius 2 is 1.97 bits per heavy atom. The third-order valence-electron chi connectivity index (χ3n) is 5.09. The van der Waals surface area contributed by atoms with Crippen molar-refractivity contribution in [2.75, 3.05) is 11.1 Å². The van der Waals surface area contributed by atoms with Crippen LogP contribution in [0.15, 0.2) is 53.0 Å². The highest BCUT2D eigenvalue weighted by molar-refractivity contribution is 7.99. The molecule has 7 nitrogen and oxygen atoms in total. The summed E-state index contributed by atoms with van der Waals surface area (Å²) in [6.45, 7) is 6.01. The molecule has 0 spiro atoms. The summed E-state index contributed by atoms with van der Waals surface area (Å²) >= 11 is 8.63. The first-order chi connectivity index (χ1) is 16.3. The van der Waals surface area contributed by atoms with E-state index in [0.717, 1.165) is 22.6 Å². The lowest BCUT2D eigenvalue weighted by Crippen LogP contribution is -2.14. The number of ether oxygens (including phenoxy) is 1. The van der Waals surface area contributed by atoms with Gasteiger partial charge in [-0.25, -0.2) is 4.98 Å². The van der Waals surface area contributed by atoms with Crippen molar-refractivity contribution in [2.24, 2.45) is 7.05 Å². The molecule has 34 heavy (non-hydrogen) atoms. The molecule has 0 radical (unpaired) electrons. The maximum absolute atomic E-state index is 12.5. The van der Waals surface area contributed by atoms with Crippen LogP contribution in [-0.2, 0) is 11.8 Å². The fourth-order valence-electron chi connectivity index (χ4n) is 3.35. The predicted octanol–water partition coefficient (Wildman–Crippen LogP) is 6.08. The van der Waals surface area contributed by atoms with Crippen LogP contribution in [0.2, 0.25) is 5.02 Å². The number of halogens is 1. The highest BCUT2D eigenvalue weighted by atomic mass is 35.5. The molecule has 1 unspecified atom stereocenters. The molecule has 1 amide bonds. The number of anilines is 1. The van der Waals surface area contributed by atoms with Gasteiger partial charge in [0.05, 0.1) is 11.4 Å². The van der Waals surface area contributed by atoms with Gasteiger partial charge in [-0.2, -0.15) is 0 Å². The Kier molecular flexibility index (Phi) is 7.55. The highest BCUT2D eigenvalue weighted by Crippen LogP contribution is 2.28. The lowest BCUT2D eigenvalue weighted by Gasteiger charge is -2.16. The number of rotatable bonds is 8. The highest BCUT2D eigenvalue weighted by Gasteiger charge is 2.19. The number of amides is 1. The van der Waals surface area contributed by atoms with Crippen molar-refractivity contribution >= 4 is 45.7 Å². The van der Waals surface area contributed by atoms with E-state index >= 15 is 0 Å². The zero-order chi connectivity index (χ0) is 24.2. The number of nitrogens with zero attached hydrogens (tertiary/aromatic N) is 4. The van der Waals surface area contributed by atoms with Crippen LogP contribution in [0.25, 0.3) is 11.3 Å². The van der Waals surface area contributed by atoms with Crippen LogP contribution in [0.4, 0.5) is 5.13 Å². The van der Waals surface area contributed by atoms with Crippen molar-refractivity contribution in [1.82, 2.24) is 19.7 Å². The zero-order valence-electron chi connectivity index (χ0n) is 19.2. The van der Waals surface area contributed by atoms with E-state index in [0.29, 0.717) is 21.1 Å². The molecular weight excluding hydrogens is 490 g/mol. The minimum atomic E-state index is -0.288. The van der Waals surface area contributed by atoms with Gasteiger partial charge in [-0.05, 0) is 44.5 Å². The quantitative estimate of drug-likeness (QED) is 0.287. The Morgan fingerprint density at radius 3 is 2.71 bits per heavy atom. The molecule has 0 aliphatic heterocycles. The summed E-state index contributed by atoms with van der Waals surface area (Å²) in [7, 11) is 1.87. The molecule has 0 saturated carbocycles. The van der Waals surface area contributed by atoms with Gasteiger partial charge in [-0.1, -0.05) is 53.2 Å². The van der Waals surface area contributed by atoms with Crippen molar-refractivity contribution in [3.05, 3.63) is 69.8 Å². The third kappa shape index (κ3) is 5.78. The van der Waals surface area contributed by atoms with E-state index in [9.17, 15) is 4.79 Å². The topological polar surface area (TPSA) is 81.9 Å². The number of thiazole rings is 1. The zero-order valence-corrected chi connectivity index (χ0v) is 21.6. The molecule has 2 heterocycles. The number of carbonyl (C=O) groups is 1. The van der Waals surface area contributed by atoms with Gasteiger partial charge in [0.2, 0.25) is 5.91 Å². The molecule has 0 fully saturated rings.